The van der Waals surface area contributed by atoms with E-state index < -0.39 is 0 Å². The van der Waals surface area contributed by atoms with Crippen LogP contribution in [0.5, 0.6) is 0 Å². The molecule has 0 spiro atoms. The lowest BCUT2D eigenvalue weighted by molar-refractivity contribution is -0.128. The van der Waals surface area contributed by atoms with Crippen LogP contribution in [0.3, 0.4) is 0 Å². The number of aryl methyl sites for hydroxylation is 2. The van der Waals surface area contributed by atoms with Crippen molar-refractivity contribution in [2.45, 2.75) is 44.6 Å². The Balaban J connectivity index is 1.59. The Morgan fingerprint density at radius 2 is 1.75 bits per heavy atom. The lowest BCUT2D eigenvalue weighted by atomic mass is 10.2. The molecule has 0 aliphatic carbocycles. The van der Waals surface area contributed by atoms with Gasteiger partial charge in [0.05, 0.1) is 11.4 Å². The largest absolute Gasteiger partial charge is 0.342 e. The van der Waals surface area contributed by atoms with Gasteiger partial charge in [0.2, 0.25) is 5.91 Å². The van der Waals surface area contributed by atoms with Gasteiger partial charge in [0.1, 0.15) is 5.03 Å². The third-order valence-electron chi connectivity index (χ3n) is 5.14. The highest BCUT2D eigenvalue weighted by Gasteiger charge is 2.18. The summed E-state index contributed by atoms with van der Waals surface area (Å²) in [4.78, 5) is 14.6. The molecule has 28 heavy (non-hydrogen) atoms. The second-order valence-corrected chi connectivity index (χ2v) is 8.26. The van der Waals surface area contributed by atoms with Gasteiger partial charge in [-0.25, -0.2) is 4.68 Å². The van der Waals surface area contributed by atoms with E-state index in [-0.39, 0.29) is 5.91 Å². The predicted molar refractivity (Wildman–Crippen MR) is 112 cm³/mol. The molecule has 1 fully saturated rings. The molecule has 1 aliphatic heterocycles. The van der Waals surface area contributed by atoms with Crippen LogP contribution in [0.25, 0.3) is 16.6 Å². The summed E-state index contributed by atoms with van der Waals surface area (Å²) in [6.07, 6.45) is 4.66. The van der Waals surface area contributed by atoms with Gasteiger partial charge in [0.15, 0.2) is 5.82 Å². The van der Waals surface area contributed by atoms with Crippen LogP contribution in [0, 0.1) is 13.8 Å². The average molecular weight is 396 g/mol. The van der Waals surface area contributed by atoms with Gasteiger partial charge in [-0.05, 0) is 32.8 Å². The molecule has 0 unspecified atom stereocenters. The van der Waals surface area contributed by atoms with Gasteiger partial charge in [0, 0.05) is 29.6 Å². The molecule has 1 aromatic carbocycles. The predicted octanol–water partition coefficient (Wildman–Crippen LogP) is 3.93. The SMILES string of the molecule is Cc1cc(C)n(-c2nnc(SCC(=O)N3CCCCCC3)c3ccccc23)n1. The fourth-order valence-corrected chi connectivity index (χ4v) is 4.59. The number of thioether (sulfide) groups is 1. The zero-order chi connectivity index (χ0) is 19.5. The normalized spacial score (nSPS) is 15.0. The van der Waals surface area contributed by atoms with Crippen molar-refractivity contribution in [3.63, 3.8) is 0 Å². The zero-order valence-electron chi connectivity index (χ0n) is 16.4. The van der Waals surface area contributed by atoms with Gasteiger partial charge in [0.25, 0.3) is 0 Å². The van der Waals surface area contributed by atoms with Crippen LogP contribution in [0.1, 0.15) is 37.1 Å². The lowest BCUT2D eigenvalue weighted by Crippen LogP contribution is -2.33. The molecular weight excluding hydrogens is 370 g/mol. The molecule has 7 heteroatoms. The summed E-state index contributed by atoms with van der Waals surface area (Å²) in [6, 6.07) is 10.1. The third kappa shape index (κ3) is 3.90. The van der Waals surface area contributed by atoms with E-state index in [1.54, 1.807) is 0 Å². The third-order valence-corrected chi connectivity index (χ3v) is 6.10. The van der Waals surface area contributed by atoms with E-state index in [1.165, 1.54) is 24.6 Å². The Hall–Kier alpha value is -2.41. The summed E-state index contributed by atoms with van der Waals surface area (Å²) in [7, 11) is 0. The van der Waals surface area contributed by atoms with Crippen molar-refractivity contribution in [2.24, 2.45) is 0 Å². The summed E-state index contributed by atoms with van der Waals surface area (Å²) in [5.74, 6) is 1.32. The smallest absolute Gasteiger partial charge is 0.232 e. The molecule has 0 atom stereocenters. The molecule has 4 rings (SSSR count). The molecule has 146 valence electrons. The molecule has 6 nitrogen and oxygen atoms in total. The van der Waals surface area contributed by atoms with Crippen molar-refractivity contribution in [1.82, 2.24) is 24.9 Å². The first-order valence-electron chi connectivity index (χ1n) is 9.83. The Labute approximate surface area is 169 Å². The van der Waals surface area contributed by atoms with Crippen LogP contribution < -0.4 is 0 Å². The van der Waals surface area contributed by atoms with Crippen molar-refractivity contribution < 1.29 is 4.79 Å². The van der Waals surface area contributed by atoms with Crippen LogP contribution in [-0.4, -0.2) is 49.6 Å². The maximum absolute atomic E-state index is 12.6. The highest BCUT2D eigenvalue weighted by Crippen LogP contribution is 2.29. The molecule has 0 bridgehead atoms. The molecule has 0 N–H and O–H groups in total. The number of rotatable bonds is 4. The van der Waals surface area contributed by atoms with Gasteiger partial charge in [-0.2, -0.15) is 5.10 Å². The first kappa shape index (κ1) is 18.9. The second kappa shape index (κ2) is 8.31. The molecule has 2 aromatic heterocycles. The van der Waals surface area contributed by atoms with E-state index in [0.717, 1.165) is 58.9 Å². The number of hydrogen-bond donors (Lipinski definition) is 0. The number of hydrogen-bond acceptors (Lipinski definition) is 5. The number of benzene rings is 1. The summed E-state index contributed by atoms with van der Waals surface area (Å²) >= 11 is 1.48. The Kier molecular flexibility index (Phi) is 5.62. The van der Waals surface area contributed by atoms with Crippen molar-refractivity contribution in [2.75, 3.05) is 18.8 Å². The molecule has 0 saturated carbocycles. The molecule has 1 amide bonds. The van der Waals surface area contributed by atoms with Crippen LogP contribution >= 0.6 is 11.8 Å². The standard InChI is InChI=1S/C21H25N5OS/c1-15-13-16(2)26(24-15)20-17-9-5-6-10-18(17)21(23-22-20)28-14-19(27)25-11-7-3-4-8-12-25/h5-6,9-10,13H,3-4,7-8,11-12,14H2,1-2H3. The van der Waals surface area contributed by atoms with E-state index in [0.29, 0.717) is 5.75 Å². The van der Waals surface area contributed by atoms with E-state index in [1.807, 2.05) is 53.8 Å². The number of amides is 1. The summed E-state index contributed by atoms with van der Waals surface area (Å²) in [5, 5.41) is 16.3. The van der Waals surface area contributed by atoms with Gasteiger partial charge in [-0.3, -0.25) is 4.79 Å². The quantitative estimate of drug-likeness (QED) is 0.627. The van der Waals surface area contributed by atoms with Crippen molar-refractivity contribution >= 4 is 28.4 Å². The van der Waals surface area contributed by atoms with E-state index >= 15 is 0 Å². The number of carbonyl (C=O) groups is 1. The number of likely N-dealkylation sites (tertiary alicyclic amines) is 1. The number of nitrogens with zero attached hydrogens (tertiary/aromatic N) is 5. The van der Waals surface area contributed by atoms with Crippen LogP contribution in [-0.2, 0) is 4.79 Å². The molecule has 3 heterocycles. The minimum Gasteiger partial charge on any atom is -0.342 e. The maximum Gasteiger partial charge on any atom is 0.232 e. The van der Waals surface area contributed by atoms with E-state index in [4.69, 9.17) is 0 Å². The van der Waals surface area contributed by atoms with Crippen molar-refractivity contribution in [1.29, 1.82) is 0 Å². The minimum absolute atomic E-state index is 0.195. The Morgan fingerprint density at radius 1 is 1.04 bits per heavy atom. The van der Waals surface area contributed by atoms with Crippen molar-refractivity contribution in [3.8, 4) is 5.82 Å². The molecule has 0 radical (unpaired) electrons. The van der Waals surface area contributed by atoms with Gasteiger partial charge in [-0.1, -0.05) is 48.9 Å². The van der Waals surface area contributed by atoms with Crippen LogP contribution in [0.4, 0.5) is 0 Å². The summed E-state index contributed by atoms with van der Waals surface area (Å²) in [6.45, 7) is 5.74. The molecule has 3 aromatic rings. The first-order chi connectivity index (χ1) is 13.6. The first-order valence-corrected chi connectivity index (χ1v) is 10.8. The van der Waals surface area contributed by atoms with E-state index in [2.05, 4.69) is 15.3 Å². The van der Waals surface area contributed by atoms with Crippen LogP contribution in [0.15, 0.2) is 35.4 Å². The monoisotopic (exact) mass is 395 g/mol. The maximum atomic E-state index is 12.6. The highest BCUT2D eigenvalue weighted by molar-refractivity contribution is 8.00. The Bertz CT molecular complexity index is 992. The average Bonchev–Trinajstić information content (AvgIpc) is 2.90. The topological polar surface area (TPSA) is 63.9 Å². The molecule has 1 aliphatic rings. The van der Waals surface area contributed by atoms with E-state index in [9.17, 15) is 4.79 Å². The highest BCUT2D eigenvalue weighted by atomic mass is 32.2. The number of aromatic nitrogens is 4. The minimum atomic E-state index is 0.195. The van der Waals surface area contributed by atoms with Gasteiger partial charge in [-0.15, -0.1) is 10.2 Å². The van der Waals surface area contributed by atoms with Gasteiger partial charge >= 0.3 is 0 Å². The lowest BCUT2D eigenvalue weighted by Gasteiger charge is -2.20. The molecular formula is C21H25N5OS. The fourth-order valence-electron chi connectivity index (χ4n) is 3.71. The number of carbonyl (C=O) groups excluding carboxylic acids is 1. The summed E-state index contributed by atoms with van der Waals surface area (Å²) in [5.41, 5.74) is 1.97. The molecule has 1 saturated heterocycles. The fraction of sp³-hybridized carbons (Fsp3) is 0.429. The Morgan fingerprint density at radius 3 is 2.43 bits per heavy atom. The van der Waals surface area contributed by atoms with Crippen LogP contribution in [0.2, 0.25) is 0 Å². The number of fused-ring (bicyclic) bond motifs is 1. The van der Waals surface area contributed by atoms with Crippen molar-refractivity contribution in [3.05, 3.63) is 41.7 Å². The zero-order valence-corrected chi connectivity index (χ0v) is 17.2. The second-order valence-electron chi connectivity index (χ2n) is 7.30. The summed E-state index contributed by atoms with van der Waals surface area (Å²) < 4.78 is 1.83. The van der Waals surface area contributed by atoms with Gasteiger partial charge < -0.3 is 4.90 Å².